The van der Waals surface area contributed by atoms with E-state index in [1.165, 1.54) is 19.3 Å². The van der Waals surface area contributed by atoms with Crippen LogP contribution in [0.5, 0.6) is 0 Å². The summed E-state index contributed by atoms with van der Waals surface area (Å²) in [5.41, 5.74) is 2.58. The quantitative estimate of drug-likeness (QED) is 0.779. The van der Waals surface area contributed by atoms with Gasteiger partial charge in [-0.3, -0.25) is 14.6 Å². The molecular formula is C22H33N3O3. The highest BCUT2D eigenvalue weighted by atomic mass is 16.5. The number of aromatic nitrogens is 1. The number of carbonyl (C=O) groups is 2. The molecule has 1 saturated heterocycles. The molecule has 0 atom stereocenters. The fourth-order valence-corrected chi connectivity index (χ4v) is 4.51. The fourth-order valence-electron chi connectivity index (χ4n) is 4.51. The van der Waals surface area contributed by atoms with Crippen molar-refractivity contribution in [2.45, 2.75) is 63.8 Å². The maximum Gasteiger partial charge on any atom is 0.255 e. The third-order valence-corrected chi connectivity index (χ3v) is 6.24. The van der Waals surface area contributed by atoms with Crippen LogP contribution < -0.4 is 0 Å². The zero-order chi connectivity index (χ0) is 20.1. The van der Waals surface area contributed by atoms with Gasteiger partial charge in [-0.2, -0.15) is 0 Å². The third kappa shape index (κ3) is 4.72. The lowest BCUT2D eigenvalue weighted by Gasteiger charge is -2.34. The predicted molar refractivity (Wildman–Crippen MR) is 108 cm³/mol. The number of rotatable bonds is 5. The minimum Gasteiger partial charge on any atom is -0.375 e. The molecule has 28 heavy (non-hydrogen) atoms. The zero-order valence-electron chi connectivity index (χ0n) is 17.4. The Morgan fingerprint density at radius 2 is 1.82 bits per heavy atom. The Morgan fingerprint density at radius 3 is 2.46 bits per heavy atom. The van der Waals surface area contributed by atoms with Gasteiger partial charge < -0.3 is 14.5 Å². The molecule has 1 aromatic rings. The summed E-state index contributed by atoms with van der Waals surface area (Å²) in [6.07, 6.45) is 7.53. The highest BCUT2D eigenvalue weighted by Gasteiger charge is 2.30. The summed E-state index contributed by atoms with van der Waals surface area (Å²) in [7, 11) is 3.48. The number of hydrogen-bond acceptors (Lipinski definition) is 4. The number of piperidine rings is 1. The molecule has 6 nitrogen and oxygen atoms in total. The van der Waals surface area contributed by atoms with E-state index < -0.39 is 0 Å². The number of carbonyl (C=O) groups excluding carboxylic acids is 2. The Balaban J connectivity index is 1.74. The molecule has 0 bridgehead atoms. The lowest BCUT2D eigenvalue weighted by atomic mass is 9.89. The molecule has 6 heteroatoms. The molecule has 3 rings (SSSR count). The molecule has 0 aromatic carbocycles. The first-order chi connectivity index (χ1) is 13.5. The number of amides is 2. The Labute approximate surface area is 168 Å². The number of methoxy groups -OCH3 is 1. The van der Waals surface area contributed by atoms with Crippen LogP contribution in [0.3, 0.4) is 0 Å². The number of ether oxygens (including phenoxy) is 1. The van der Waals surface area contributed by atoms with Gasteiger partial charge in [0.1, 0.15) is 6.61 Å². The molecule has 0 N–H and O–H groups in total. The van der Waals surface area contributed by atoms with Crippen molar-refractivity contribution in [2.75, 3.05) is 33.9 Å². The van der Waals surface area contributed by atoms with Gasteiger partial charge in [0.2, 0.25) is 5.91 Å². The van der Waals surface area contributed by atoms with Gasteiger partial charge in [-0.15, -0.1) is 0 Å². The van der Waals surface area contributed by atoms with Gasteiger partial charge >= 0.3 is 0 Å². The average Bonchev–Trinajstić information content (AvgIpc) is 2.73. The van der Waals surface area contributed by atoms with Crippen molar-refractivity contribution < 1.29 is 14.3 Å². The molecule has 2 fully saturated rings. The predicted octanol–water partition coefficient (Wildman–Crippen LogP) is 3.15. The molecule has 1 aromatic heterocycles. The van der Waals surface area contributed by atoms with E-state index >= 15 is 0 Å². The lowest BCUT2D eigenvalue weighted by molar-refractivity contribution is -0.136. The van der Waals surface area contributed by atoms with Gasteiger partial charge in [-0.05, 0) is 44.7 Å². The molecule has 154 valence electrons. The minimum absolute atomic E-state index is 0.0338. The summed E-state index contributed by atoms with van der Waals surface area (Å²) in [5, 5.41) is 0. The van der Waals surface area contributed by atoms with Gasteiger partial charge in [0.25, 0.3) is 5.91 Å². The van der Waals surface area contributed by atoms with E-state index in [9.17, 15) is 9.59 Å². The molecule has 2 amide bonds. The van der Waals surface area contributed by atoms with Crippen LogP contribution >= 0.6 is 0 Å². The topological polar surface area (TPSA) is 62.7 Å². The second-order valence-corrected chi connectivity index (χ2v) is 8.18. The van der Waals surface area contributed by atoms with Crippen molar-refractivity contribution in [3.8, 4) is 0 Å². The molecule has 1 aliphatic heterocycles. The summed E-state index contributed by atoms with van der Waals surface area (Å²) in [6.45, 7) is 3.48. The third-order valence-electron chi connectivity index (χ3n) is 6.24. The number of nitrogens with zero attached hydrogens (tertiary/aromatic N) is 3. The van der Waals surface area contributed by atoms with Crippen LogP contribution in [0.4, 0.5) is 0 Å². The van der Waals surface area contributed by atoms with E-state index in [4.69, 9.17) is 9.72 Å². The summed E-state index contributed by atoms with van der Waals surface area (Å²) in [4.78, 5) is 33.9. The first kappa shape index (κ1) is 20.8. The normalized spacial score (nSPS) is 18.9. The number of likely N-dealkylation sites (tertiary alicyclic amines) is 1. The van der Waals surface area contributed by atoms with E-state index in [2.05, 4.69) is 0 Å². The van der Waals surface area contributed by atoms with Crippen molar-refractivity contribution in [3.05, 3.63) is 29.1 Å². The molecule has 0 spiro atoms. The van der Waals surface area contributed by atoms with Crippen molar-refractivity contribution in [1.29, 1.82) is 0 Å². The van der Waals surface area contributed by atoms with Crippen LogP contribution in [0.15, 0.2) is 12.1 Å². The summed E-state index contributed by atoms with van der Waals surface area (Å²) in [6, 6.07) is 4.22. The Hall–Kier alpha value is -1.95. The van der Waals surface area contributed by atoms with E-state index in [0.29, 0.717) is 19.1 Å². The van der Waals surface area contributed by atoms with Gasteiger partial charge in [0.15, 0.2) is 0 Å². The van der Waals surface area contributed by atoms with E-state index in [0.717, 1.165) is 42.6 Å². The van der Waals surface area contributed by atoms with Gasteiger partial charge in [0, 0.05) is 44.9 Å². The van der Waals surface area contributed by atoms with Gasteiger partial charge in [-0.25, -0.2) is 0 Å². The number of pyridine rings is 1. The lowest BCUT2D eigenvalue weighted by Crippen LogP contribution is -2.41. The van der Waals surface area contributed by atoms with Crippen LogP contribution in [0.25, 0.3) is 0 Å². The van der Waals surface area contributed by atoms with Crippen molar-refractivity contribution >= 4 is 11.8 Å². The number of aryl methyl sites for hydroxylation is 1. The van der Waals surface area contributed by atoms with Crippen LogP contribution in [0.2, 0.25) is 0 Å². The molecule has 2 heterocycles. The van der Waals surface area contributed by atoms with Crippen LogP contribution in [-0.2, 0) is 9.53 Å². The molecule has 0 unspecified atom stereocenters. The first-order valence-electron chi connectivity index (χ1n) is 10.5. The van der Waals surface area contributed by atoms with Crippen molar-refractivity contribution in [1.82, 2.24) is 14.8 Å². The standard InChI is InChI=1S/C22H33N3O3/c1-16-9-10-19(22(27)24(2)18-7-5-4-6-8-18)21(23-16)17-11-13-25(14-12-17)20(26)15-28-3/h9-10,17-18H,4-8,11-15H2,1-3H3. The minimum atomic E-state index is 0.0338. The van der Waals surface area contributed by atoms with E-state index in [-0.39, 0.29) is 24.3 Å². The van der Waals surface area contributed by atoms with E-state index in [1.807, 2.05) is 35.9 Å². The number of hydrogen-bond donors (Lipinski definition) is 0. The van der Waals surface area contributed by atoms with Crippen LogP contribution in [0, 0.1) is 6.92 Å². The fraction of sp³-hybridized carbons (Fsp3) is 0.682. The Bertz CT molecular complexity index is 692. The summed E-state index contributed by atoms with van der Waals surface area (Å²) < 4.78 is 4.96. The monoisotopic (exact) mass is 387 g/mol. The maximum absolute atomic E-state index is 13.3. The smallest absolute Gasteiger partial charge is 0.255 e. The first-order valence-corrected chi connectivity index (χ1v) is 10.5. The molecule has 2 aliphatic rings. The average molecular weight is 388 g/mol. The van der Waals surface area contributed by atoms with Crippen LogP contribution in [-0.4, -0.2) is 66.5 Å². The van der Waals surface area contributed by atoms with Gasteiger partial charge in [-0.1, -0.05) is 19.3 Å². The second kappa shape index (κ2) is 9.50. The van der Waals surface area contributed by atoms with E-state index in [1.54, 1.807) is 7.11 Å². The Morgan fingerprint density at radius 1 is 1.14 bits per heavy atom. The van der Waals surface area contributed by atoms with Crippen molar-refractivity contribution in [2.24, 2.45) is 0 Å². The zero-order valence-corrected chi connectivity index (χ0v) is 17.4. The van der Waals surface area contributed by atoms with Gasteiger partial charge in [0.05, 0.1) is 11.3 Å². The van der Waals surface area contributed by atoms with Crippen molar-refractivity contribution in [3.63, 3.8) is 0 Å². The second-order valence-electron chi connectivity index (χ2n) is 8.18. The molecule has 1 aliphatic carbocycles. The summed E-state index contributed by atoms with van der Waals surface area (Å²) in [5.74, 6) is 0.337. The molecule has 0 radical (unpaired) electrons. The molecular weight excluding hydrogens is 354 g/mol. The molecule has 1 saturated carbocycles. The Kier molecular flexibility index (Phi) is 7.05. The summed E-state index contributed by atoms with van der Waals surface area (Å²) >= 11 is 0. The maximum atomic E-state index is 13.3. The van der Waals surface area contributed by atoms with Crippen LogP contribution in [0.1, 0.15) is 72.6 Å². The highest BCUT2D eigenvalue weighted by Crippen LogP contribution is 2.31. The highest BCUT2D eigenvalue weighted by molar-refractivity contribution is 5.95. The SMILES string of the molecule is COCC(=O)N1CCC(c2nc(C)ccc2C(=O)N(C)C2CCCCC2)CC1. The largest absolute Gasteiger partial charge is 0.375 e.